The first kappa shape index (κ1) is 27.2. The van der Waals surface area contributed by atoms with Crippen molar-refractivity contribution in [2.75, 3.05) is 16.0 Å². The molecule has 0 radical (unpaired) electrons. The smallest absolute Gasteiger partial charge is 0.234 e. The van der Waals surface area contributed by atoms with E-state index in [1.54, 1.807) is 23.1 Å². The Balaban J connectivity index is 1.43. The molecule has 1 aliphatic carbocycles. The van der Waals surface area contributed by atoms with Crippen molar-refractivity contribution >= 4 is 68.8 Å². The number of nitrogens with one attached hydrogen (secondary N) is 1. The third-order valence-corrected chi connectivity index (χ3v) is 9.04. The summed E-state index contributed by atoms with van der Waals surface area (Å²) in [6.45, 7) is 1.98. The van der Waals surface area contributed by atoms with Crippen LogP contribution in [0.3, 0.4) is 0 Å². The fraction of sp³-hybridized carbons (Fsp3) is 0.222. The van der Waals surface area contributed by atoms with Gasteiger partial charge in [0.2, 0.25) is 11.0 Å². The van der Waals surface area contributed by atoms with E-state index in [1.165, 1.54) is 23.1 Å². The van der Waals surface area contributed by atoms with Crippen molar-refractivity contribution in [1.29, 1.82) is 5.26 Å². The average molecular weight is 598 g/mol. The average Bonchev–Trinajstić information content (AvgIpc) is 3.37. The van der Waals surface area contributed by atoms with Crippen molar-refractivity contribution in [2.45, 2.75) is 36.4 Å². The van der Waals surface area contributed by atoms with E-state index >= 15 is 0 Å². The number of carbonyl (C=O) groups is 2. The lowest BCUT2D eigenvalue weighted by atomic mass is 9.76. The van der Waals surface area contributed by atoms with Gasteiger partial charge < -0.3 is 11.1 Å². The first-order chi connectivity index (χ1) is 18.8. The Morgan fingerprint density at radius 1 is 1.23 bits per heavy atom. The number of benzene rings is 2. The molecule has 1 unspecified atom stereocenters. The SMILES string of the molecule is Cc1ccc(NC(=O)CSc2nnc(N3C(N)=C(C#N)C(c4ccc(Cl)cc4Cl)C4=C3CCCC4=O)s2)cc1. The maximum absolute atomic E-state index is 13.3. The molecule has 5 rings (SSSR count). The standard InChI is InChI=1S/C27H22Cl2N6O2S2/c1-14-5-8-16(9-6-14)32-22(37)13-38-27-34-33-26(39-27)35-20-3-2-4-21(36)24(20)23(18(12-30)25(35)31)17-10-7-15(28)11-19(17)29/h5-11,23H,2-4,13,31H2,1H3,(H,32,37). The summed E-state index contributed by atoms with van der Waals surface area (Å²) in [4.78, 5) is 27.4. The lowest BCUT2D eigenvalue weighted by Crippen LogP contribution is -2.38. The van der Waals surface area contributed by atoms with E-state index in [9.17, 15) is 14.9 Å². The van der Waals surface area contributed by atoms with Gasteiger partial charge in [-0.3, -0.25) is 14.5 Å². The van der Waals surface area contributed by atoms with Crippen molar-refractivity contribution in [3.8, 4) is 6.07 Å². The third-order valence-electron chi connectivity index (χ3n) is 6.44. The van der Waals surface area contributed by atoms with Gasteiger partial charge in [-0.2, -0.15) is 5.26 Å². The lowest BCUT2D eigenvalue weighted by Gasteiger charge is -2.38. The Labute approximate surface area is 243 Å². The predicted molar refractivity (Wildman–Crippen MR) is 155 cm³/mol. The van der Waals surface area contributed by atoms with Crippen LogP contribution in [0.4, 0.5) is 10.8 Å². The Bertz CT molecular complexity index is 1580. The first-order valence-electron chi connectivity index (χ1n) is 12.0. The van der Waals surface area contributed by atoms with Gasteiger partial charge in [0, 0.05) is 33.4 Å². The van der Waals surface area contributed by atoms with Crippen LogP contribution in [0.25, 0.3) is 0 Å². The highest BCUT2D eigenvalue weighted by atomic mass is 35.5. The molecule has 8 nitrogen and oxygen atoms in total. The summed E-state index contributed by atoms with van der Waals surface area (Å²) < 4.78 is 0.558. The highest BCUT2D eigenvalue weighted by Gasteiger charge is 2.42. The molecule has 12 heteroatoms. The van der Waals surface area contributed by atoms with Crippen molar-refractivity contribution in [2.24, 2.45) is 5.73 Å². The molecule has 1 amide bonds. The van der Waals surface area contributed by atoms with Crippen molar-refractivity contribution < 1.29 is 9.59 Å². The second-order valence-electron chi connectivity index (χ2n) is 9.04. The third kappa shape index (κ3) is 5.54. The van der Waals surface area contributed by atoms with E-state index in [0.29, 0.717) is 55.6 Å². The van der Waals surface area contributed by atoms with Crippen LogP contribution in [0.15, 0.2) is 69.5 Å². The number of aromatic nitrogens is 2. The molecule has 0 saturated carbocycles. The minimum Gasteiger partial charge on any atom is -0.384 e. The summed E-state index contributed by atoms with van der Waals surface area (Å²) in [5.41, 5.74) is 10.4. The lowest BCUT2D eigenvalue weighted by molar-refractivity contribution is -0.116. The van der Waals surface area contributed by atoms with Gasteiger partial charge in [0.05, 0.1) is 23.3 Å². The zero-order valence-corrected chi connectivity index (χ0v) is 23.8. The van der Waals surface area contributed by atoms with Crippen LogP contribution in [-0.2, 0) is 9.59 Å². The fourth-order valence-electron chi connectivity index (χ4n) is 4.66. The summed E-state index contributed by atoms with van der Waals surface area (Å²) in [5.74, 6) is -0.626. The summed E-state index contributed by atoms with van der Waals surface area (Å²) in [7, 11) is 0. The molecule has 1 aliphatic heterocycles. The van der Waals surface area contributed by atoms with Gasteiger partial charge in [-0.25, -0.2) is 0 Å². The summed E-state index contributed by atoms with van der Waals surface area (Å²) in [6, 6.07) is 14.7. The number of anilines is 2. The van der Waals surface area contributed by atoms with Crippen LogP contribution in [-0.4, -0.2) is 27.6 Å². The molecular weight excluding hydrogens is 575 g/mol. The highest BCUT2D eigenvalue weighted by molar-refractivity contribution is 8.01. The molecule has 0 spiro atoms. The van der Waals surface area contributed by atoms with Crippen LogP contribution in [0, 0.1) is 18.3 Å². The van der Waals surface area contributed by atoms with E-state index in [2.05, 4.69) is 21.6 Å². The first-order valence-corrected chi connectivity index (χ1v) is 14.6. The van der Waals surface area contributed by atoms with E-state index in [0.717, 1.165) is 11.3 Å². The number of halogens is 2. The topological polar surface area (TPSA) is 125 Å². The van der Waals surface area contributed by atoms with E-state index in [1.807, 2.05) is 31.2 Å². The van der Waals surface area contributed by atoms with Crippen LogP contribution in [0.5, 0.6) is 0 Å². The predicted octanol–water partition coefficient (Wildman–Crippen LogP) is 6.19. The number of nitrogens with two attached hydrogens (primary N) is 1. The van der Waals surface area contributed by atoms with Crippen molar-refractivity contribution in [3.63, 3.8) is 0 Å². The molecular formula is C27H22Cl2N6O2S2. The number of nitrogens with zero attached hydrogens (tertiary/aromatic N) is 4. The molecule has 0 saturated heterocycles. The van der Waals surface area contributed by atoms with Gasteiger partial charge in [0.1, 0.15) is 5.82 Å². The van der Waals surface area contributed by atoms with Crippen molar-refractivity contribution in [1.82, 2.24) is 10.2 Å². The van der Waals surface area contributed by atoms with Crippen LogP contribution >= 0.6 is 46.3 Å². The van der Waals surface area contributed by atoms with Gasteiger partial charge in [-0.15, -0.1) is 10.2 Å². The Hall–Kier alpha value is -3.36. The van der Waals surface area contributed by atoms with Gasteiger partial charge >= 0.3 is 0 Å². The molecule has 3 aromatic rings. The number of hydrogen-bond acceptors (Lipinski definition) is 9. The normalized spacial score (nSPS) is 17.2. The van der Waals surface area contributed by atoms with Crippen LogP contribution in [0.1, 0.15) is 36.3 Å². The molecule has 198 valence electrons. The number of aryl methyl sites for hydroxylation is 1. The van der Waals surface area contributed by atoms with Gasteiger partial charge in [0.15, 0.2) is 10.1 Å². The summed E-state index contributed by atoms with van der Waals surface area (Å²) >= 11 is 15.1. The zero-order chi connectivity index (χ0) is 27.7. The van der Waals surface area contributed by atoms with Crippen molar-refractivity contribution in [3.05, 3.63) is 86.3 Å². The van der Waals surface area contributed by atoms with E-state index < -0.39 is 5.92 Å². The van der Waals surface area contributed by atoms with Gasteiger partial charge in [-0.05, 0) is 49.6 Å². The number of nitriles is 1. The van der Waals surface area contributed by atoms with Crippen LogP contribution in [0.2, 0.25) is 10.0 Å². The zero-order valence-electron chi connectivity index (χ0n) is 20.7. The highest BCUT2D eigenvalue weighted by Crippen LogP contribution is 2.48. The number of Topliss-reactive ketones (excluding diaryl/α,β-unsaturated/α-hetero) is 1. The monoisotopic (exact) mass is 596 g/mol. The molecule has 0 fully saturated rings. The Morgan fingerprint density at radius 3 is 2.72 bits per heavy atom. The maximum Gasteiger partial charge on any atom is 0.234 e. The second kappa shape index (κ2) is 11.4. The summed E-state index contributed by atoms with van der Waals surface area (Å²) in [6.07, 6.45) is 1.58. The number of ketones is 1. The number of thioether (sulfide) groups is 1. The van der Waals surface area contributed by atoms with Crippen LogP contribution < -0.4 is 16.0 Å². The number of hydrogen-bond donors (Lipinski definition) is 2. The maximum atomic E-state index is 13.3. The molecule has 1 aromatic heterocycles. The second-order valence-corrected chi connectivity index (χ2v) is 12.1. The number of amides is 1. The molecule has 3 N–H and O–H groups in total. The molecule has 2 aliphatic rings. The minimum atomic E-state index is -0.703. The summed E-state index contributed by atoms with van der Waals surface area (Å²) in [5, 5.41) is 22.8. The number of rotatable bonds is 6. The fourth-order valence-corrected chi connectivity index (χ4v) is 6.86. The van der Waals surface area contributed by atoms with E-state index in [-0.39, 0.29) is 28.8 Å². The molecule has 2 aromatic carbocycles. The largest absolute Gasteiger partial charge is 0.384 e. The number of allylic oxidation sites excluding steroid dienone is 3. The molecule has 0 bridgehead atoms. The van der Waals surface area contributed by atoms with E-state index in [4.69, 9.17) is 28.9 Å². The quantitative estimate of drug-likeness (QED) is 0.323. The molecule has 1 atom stereocenters. The molecule has 2 heterocycles. The minimum absolute atomic E-state index is 0.0654. The van der Waals surface area contributed by atoms with Gasteiger partial charge in [-0.1, -0.05) is 70.1 Å². The Morgan fingerprint density at radius 2 is 2.00 bits per heavy atom. The molecule has 39 heavy (non-hydrogen) atoms. The Kier molecular flexibility index (Phi) is 7.96. The van der Waals surface area contributed by atoms with Gasteiger partial charge in [0.25, 0.3) is 0 Å². The number of carbonyl (C=O) groups excluding carboxylic acids is 2.